The molecule has 0 aliphatic carbocycles. The monoisotopic (exact) mass is 461 g/mol. The van der Waals surface area contributed by atoms with Crippen LogP contribution in [0, 0.1) is 0 Å². The zero-order valence-electron chi connectivity index (χ0n) is 20.0. The lowest BCUT2D eigenvalue weighted by molar-refractivity contribution is 0.0198. The van der Waals surface area contributed by atoms with Crippen LogP contribution >= 0.6 is 0 Å². The number of carbonyl (C=O) groups is 1. The van der Waals surface area contributed by atoms with Crippen LogP contribution in [0.4, 0.5) is 16.3 Å². The predicted octanol–water partition coefficient (Wildman–Crippen LogP) is 3.76. The van der Waals surface area contributed by atoms with Gasteiger partial charge in [-0.3, -0.25) is 14.7 Å². The normalized spacial score (nSPS) is 18.2. The van der Waals surface area contributed by atoms with Crippen LogP contribution in [-0.4, -0.2) is 70.1 Å². The number of benzene rings is 1. The van der Waals surface area contributed by atoms with Gasteiger partial charge in [0.2, 0.25) is 0 Å². The standard InChI is InChI=1S/C25H31N7O2/c1-18(2)32-17-26-28-24(32)22-5-4-6-23(27-22)31-12-11-30(25(31)33)21-9-7-20(8-10-21)19(3)29-13-15-34-16-14-29/h4-10,17-19H,11-16H2,1-3H3. The molecule has 178 valence electrons. The van der Waals surface area contributed by atoms with E-state index < -0.39 is 0 Å². The quantitative estimate of drug-likeness (QED) is 0.556. The molecule has 34 heavy (non-hydrogen) atoms. The third kappa shape index (κ3) is 4.28. The molecule has 3 aromatic rings. The fraction of sp³-hybridized carbons (Fsp3) is 0.440. The minimum Gasteiger partial charge on any atom is -0.379 e. The van der Waals surface area contributed by atoms with Gasteiger partial charge >= 0.3 is 6.03 Å². The third-order valence-electron chi connectivity index (χ3n) is 6.66. The fourth-order valence-corrected chi connectivity index (χ4v) is 4.60. The van der Waals surface area contributed by atoms with E-state index in [2.05, 4.69) is 48.0 Å². The molecule has 1 aromatic carbocycles. The topological polar surface area (TPSA) is 79.6 Å². The minimum absolute atomic E-state index is 0.0658. The van der Waals surface area contributed by atoms with Gasteiger partial charge in [0.05, 0.1) is 13.2 Å². The van der Waals surface area contributed by atoms with Crippen molar-refractivity contribution in [2.75, 3.05) is 49.2 Å². The zero-order valence-corrected chi connectivity index (χ0v) is 20.0. The van der Waals surface area contributed by atoms with Crippen molar-refractivity contribution in [3.63, 3.8) is 0 Å². The van der Waals surface area contributed by atoms with E-state index in [-0.39, 0.29) is 12.1 Å². The summed E-state index contributed by atoms with van der Waals surface area (Å²) in [4.78, 5) is 24.0. The summed E-state index contributed by atoms with van der Waals surface area (Å²) in [7, 11) is 0. The molecule has 9 heteroatoms. The first-order chi connectivity index (χ1) is 16.5. The predicted molar refractivity (Wildman–Crippen MR) is 131 cm³/mol. The number of pyridine rings is 1. The highest BCUT2D eigenvalue weighted by molar-refractivity contribution is 6.05. The molecular formula is C25H31N7O2. The van der Waals surface area contributed by atoms with Gasteiger partial charge in [0.15, 0.2) is 5.82 Å². The van der Waals surface area contributed by atoms with Gasteiger partial charge in [-0.05, 0) is 50.6 Å². The van der Waals surface area contributed by atoms with Gasteiger partial charge in [-0.1, -0.05) is 18.2 Å². The molecule has 2 aliphatic rings. The van der Waals surface area contributed by atoms with Crippen LogP contribution in [0.3, 0.4) is 0 Å². The summed E-state index contributed by atoms with van der Waals surface area (Å²) < 4.78 is 7.45. The van der Waals surface area contributed by atoms with Crippen LogP contribution in [0.5, 0.6) is 0 Å². The number of hydrogen-bond donors (Lipinski definition) is 0. The molecule has 9 nitrogen and oxygen atoms in total. The lowest BCUT2D eigenvalue weighted by Gasteiger charge is -2.32. The van der Waals surface area contributed by atoms with Gasteiger partial charge in [-0.25, -0.2) is 9.78 Å². The molecule has 0 bridgehead atoms. The van der Waals surface area contributed by atoms with Crippen LogP contribution in [0.1, 0.15) is 38.4 Å². The number of ether oxygens (including phenoxy) is 1. The van der Waals surface area contributed by atoms with Gasteiger partial charge in [-0.2, -0.15) is 0 Å². The zero-order chi connectivity index (χ0) is 23.7. The molecule has 2 aliphatic heterocycles. The van der Waals surface area contributed by atoms with E-state index in [1.165, 1.54) is 5.56 Å². The highest BCUT2D eigenvalue weighted by Crippen LogP contribution is 2.28. The molecular weight excluding hydrogens is 430 g/mol. The minimum atomic E-state index is -0.0658. The van der Waals surface area contributed by atoms with E-state index in [9.17, 15) is 4.79 Å². The highest BCUT2D eigenvalue weighted by Gasteiger charge is 2.32. The molecule has 1 atom stereocenters. The van der Waals surface area contributed by atoms with Crippen molar-refractivity contribution in [1.82, 2.24) is 24.6 Å². The number of hydrogen-bond acceptors (Lipinski definition) is 6. The number of aromatic nitrogens is 4. The van der Waals surface area contributed by atoms with Gasteiger partial charge in [0.25, 0.3) is 0 Å². The van der Waals surface area contributed by atoms with Crippen LogP contribution in [0.25, 0.3) is 11.5 Å². The molecule has 5 rings (SSSR count). The molecule has 2 saturated heterocycles. The number of morpholine rings is 1. The third-order valence-corrected chi connectivity index (χ3v) is 6.66. The molecule has 0 radical (unpaired) electrons. The molecule has 2 amide bonds. The second-order valence-electron chi connectivity index (χ2n) is 9.04. The van der Waals surface area contributed by atoms with Gasteiger partial charge in [0, 0.05) is 44.0 Å². The number of carbonyl (C=O) groups excluding carboxylic acids is 1. The Balaban J connectivity index is 1.31. The average molecular weight is 462 g/mol. The van der Waals surface area contributed by atoms with Gasteiger partial charge < -0.3 is 9.30 Å². The summed E-state index contributed by atoms with van der Waals surface area (Å²) in [6, 6.07) is 14.5. The molecule has 1 unspecified atom stereocenters. The first-order valence-corrected chi connectivity index (χ1v) is 11.9. The summed E-state index contributed by atoms with van der Waals surface area (Å²) in [5, 5.41) is 8.28. The molecule has 2 fully saturated rings. The number of rotatable bonds is 6. The number of anilines is 2. The smallest absolute Gasteiger partial charge is 0.330 e. The summed E-state index contributed by atoms with van der Waals surface area (Å²) in [6.45, 7) is 11.0. The van der Waals surface area contributed by atoms with Crippen molar-refractivity contribution >= 4 is 17.5 Å². The van der Waals surface area contributed by atoms with Crippen molar-refractivity contribution in [2.24, 2.45) is 0 Å². The lowest BCUT2D eigenvalue weighted by atomic mass is 10.1. The summed E-state index contributed by atoms with van der Waals surface area (Å²) in [5.74, 6) is 1.33. The average Bonchev–Trinajstić information content (AvgIpc) is 3.52. The lowest BCUT2D eigenvalue weighted by Crippen LogP contribution is -2.38. The van der Waals surface area contributed by atoms with Crippen molar-refractivity contribution < 1.29 is 9.53 Å². The number of amides is 2. The van der Waals surface area contributed by atoms with Crippen LogP contribution < -0.4 is 9.80 Å². The van der Waals surface area contributed by atoms with Crippen LogP contribution in [0.2, 0.25) is 0 Å². The molecule has 4 heterocycles. The second-order valence-corrected chi connectivity index (χ2v) is 9.04. The summed E-state index contributed by atoms with van der Waals surface area (Å²) in [5.41, 5.74) is 2.86. The second kappa shape index (κ2) is 9.52. The maximum atomic E-state index is 13.3. The summed E-state index contributed by atoms with van der Waals surface area (Å²) >= 11 is 0. The van der Waals surface area contributed by atoms with Gasteiger partial charge in [-0.15, -0.1) is 10.2 Å². The Labute approximate surface area is 200 Å². The molecule has 0 N–H and O–H groups in total. The van der Waals surface area contributed by atoms with E-state index in [1.807, 2.05) is 39.8 Å². The van der Waals surface area contributed by atoms with Crippen LogP contribution in [-0.2, 0) is 4.74 Å². The Morgan fingerprint density at radius 3 is 2.38 bits per heavy atom. The first-order valence-electron chi connectivity index (χ1n) is 11.9. The number of nitrogens with zero attached hydrogens (tertiary/aromatic N) is 7. The van der Waals surface area contributed by atoms with E-state index in [4.69, 9.17) is 9.72 Å². The summed E-state index contributed by atoms with van der Waals surface area (Å²) in [6.07, 6.45) is 1.71. The van der Waals surface area contributed by atoms with Gasteiger partial charge in [0.1, 0.15) is 17.8 Å². The highest BCUT2D eigenvalue weighted by atomic mass is 16.5. The molecule has 0 saturated carbocycles. The Bertz CT molecular complexity index is 1140. The first kappa shape index (κ1) is 22.5. The van der Waals surface area contributed by atoms with Crippen molar-refractivity contribution in [3.8, 4) is 11.5 Å². The van der Waals surface area contributed by atoms with Crippen molar-refractivity contribution in [3.05, 3.63) is 54.4 Å². The molecule has 2 aromatic heterocycles. The fourth-order valence-electron chi connectivity index (χ4n) is 4.60. The van der Waals surface area contributed by atoms with Crippen molar-refractivity contribution in [1.29, 1.82) is 0 Å². The molecule has 0 spiro atoms. The maximum Gasteiger partial charge on any atom is 0.330 e. The maximum absolute atomic E-state index is 13.3. The Hall–Kier alpha value is -3.30. The number of urea groups is 1. The van der Waals surface area contributed by atoms with Crippen molar-refractivity contribution in [2.45, 2.75) is 32.9 Å². The van der Waals surface area contributed by atoms with E-state index in [0.29, 0.717) is 36.5 Å². The Morgan fingerprint density at radius 2 is 1.65 bits per heavy atom. The SMILES string of the molecule is CC(c1ccc(N2CCN(c3cccc(-c4nncn4C(C)C)n3)C2=O)cc1)N1CCOCC1. The van der Waals surface area contributed by atoms with E-state index in [1.54, 1.807) is 11.2 Å². The van der Waals surface area contributed by atoms with E-state index >= 15 is 0 Å². The largest absolute Gasteiger partial charge is 0.379 e. The Kier molecular flexibility index (Phi) is 6.30. The van der Waals surface area contributed by atoms with E-state index in [0.717, 1.165) is 32.0 Å². The van der Waals surface area contributed by atoms with Crippen LogP contribution in [0.15, 0.2) is 48.8 Å². The Morgan fingerprint density at radius 1 is 0.912 bits per heavy atom.